The predicted octanol–water partition coefficient (Wildman–Crippen LogP) is 3.41. The van der Waals surface area contributed by atoms with Crippen LogP contribution < -0.4 is 0 Å². The number of fused-ring (bicyclic) bond motifs is 11. The Bertz CT molecular complexity index is 721. The Balaban J connectivity index is 1.11. The normalized spacial score (nSPS) is 50.2. The number of esters is 2. The molecule has 0 amide bonds. The van der Waals surface area contributed by atoms with Gasteiger partial charge in [-0.2, -0.15) is 0 Å². The van der Waals surface area contributed by atoms with E-state index in [9.17, 15) is 9.59 Å². The average Bonchev–Trinajstić information content (AvgIpc) is 3.50. The van der Waals surface area contributed by atoms with Crippen LogP contribution in [0.2, 0.25) is 0 Å². The maximum absolute atomic E-state index is 13.0. The summed E-state index contributed by atoms with van der Waals surface area (Å²) in [5, 5.41) is 0. The average molecular weight is 386 g/mol. The SMILES string of the molecule is CCC(OC(=O)C1CC2OC1C1C3C=CC(C3)C21)C(=O)OC12CCC(CC1)C2. The van der Waals surface area contributed by atoms with Gasteiger partial charge in [0.05, 0.1) is 18.1 Å². The van der Waals surface area contributed by atoms with Crippen molar-refractivity contribution < 1.29 is 23.8 Å². The molecule has 2 heterocycles. The Morgan fingerprint density at radius 3 is 2.57 bits per heavy atom. The summed E-state index contributed by atoms with van der Waals surface area (Å²) in [7, 11) is 0. The maximum atomic E-state index is 13.0. The fourth-order valence-electron chi connectivity index (χ4n) is 7.55. The van der Waals surface area contributed by atoms with E-state index >= 15 is 0 Å². The first-order valence-corrected chi connectivity index (χ1v) is 11.3. The predicted molar refractivity (Wildman–Crippen MR) is 100 cm³/mol. The smallest absolute Gasteiger partial charge is 0.347 e. The van der Waals surface area contributed by atoms with Crippen molar-refractivity contribution in [3.05, 3.63) is 12.2 Å². The van der Waals surface area contributed by atoms with Crippen molar-refractivity contribution >= 4 is 11.9 Å². The van der Waals surface area contributed by atoms with Crippen LogP contribution in [0.4, 0.5) is 0 Å². The van der Waals surface area contributed by atoms with E-state index in [2.05, 4.69) is 12.2 Å². The summed E-state index contributed by atoms with van der Waals surface area (Å²) in [6.07, 6.45) is 11.7. The van der Waals surface area contributed by atoms with E-state index in [-0.39, 0.29) is 35.7 Å². The topological polar surface area (TPSA) is 61.8 Å². The second-order valence-electron chi connectivity index (χ2n) is 10.2. The minimum atomic E-state index is -0.781. The third-order valence-electron chi connectivity index (χ3n) is 8.80. The van der Waals surface area contributed by atoms with Gasteiger partial charge in [0.1, 0.15) is 5.60 Å². The van der Waals surface area contributed by atoms with Crippen LogP contribution in [0.15, 0.2) is 12.2 Å². The second kappa shape index (κ2) is 6.07. The van der Waals surface area contributed by atoms with Crippen molar-refractivity contribution in [2.75, 3.05) is 0 Å². The van der Waals surface area contributed by atoms with Crippen molar-refractivity contribution in [1.82, 2.24) is 0 Å². The molecule has 5 fully saturated rings. The van der Waals surface area contributed by atoms with E-state index in [1.807, 2.05) is 6.92 Å². The molecule has 2 aliphatic heterocycles. The maximum Gasteiger partial charge on any atom is 0.347 e. The summed E-state index contributed by atoms with van der Waals surface area (Å²) in [6.45, 7) is 1.89. The number of ether oxygens (including phenoxy) is 3. The van der Waals surface area contributed by atoms with Gasteiger partial charge in [-0.3, -0.25) is 4.79 Å². The summed E-state index contributed by atoms with van der Waals surface area (Å²) in [5.41, 5.74) is -0.278. The molecule has 8 unspecified atom stereocenters. The molecule has 2 saturated heterocycles. The highest BCUT2D eigenvalue weighted by molar-refractivity contribution is 5.81. The molecule has 6 rings (SSSR count). The van der Waals surface area contributed by atoms with Gasteiger partial charge in [-0.1, -0.05) is 19.1 Å². The summed E-state index contributed by atoms with van der Waals surface area (Å²) in [5.74, 6) is 2.15. The van der Waals surface area contributed by atoms with E-state index < -0.39 is 6.10 Å². The van der Waals surface area contributed by atoms with Gasteiger partial charge in [0.25, 0.3) is 0 Å². The summed E-state index contributed by atoms with van der Waals surface area (Å²) in [4.78, 5) is 25.7. The van der Waals surface area contributed by atoms with Crippen LogP contribution in [-0.4, -0.2) is 35.9 Å². The van der Waals surface area contributed by atoms with Crippen LogP contribution >= 0.6 is 0 Å². The fourth-order valence-corrected chi connectivity index (χ4v) is 7.55. The number of rotatable bonds is 5. The number of carbonyl (C=O) groups excluding carboxylic acids is 2. The van der Waals surface area contributed by atoms with E-state index in [0.29, 0.717) is 36.0 Å². The van der Waals surface area contributed by atoms with Crippen LogP contribution in [-0.2, 0) is 23.8 Å². The summed E-state index contributed by atoms with van der Waals surface area (Å²) in [6, 6.07) is 0. The first kappa shape index (κ1) is 17.5. The molecule has 8 atom stereocenters. The largest absolute Gasteiger partial charge is 0.456 e. The van der Waals surface area contributed by atoms with E-state index in [4.69, 9.17) is 14.2 Å². The Hall–Kier alpha value is -1.36. The lowest BCUT2D eigenvalue weighted by Crippen LogP contribution is -2.42. The molecule has 0 aromatic carbocycles. The van der Waals surface area contributed by atoms with E-state index in [1.165, 1.54) is 6.42 Å². The molecule has 0 N–H and O–H groups in total. The van der Waals surface area contributed by atoms with Crippen molar-refractivity contribution in [3.8, 4) is 0 Å². The van der Waals surface area contributed by atoms with E-state index in [1.54, 1.807) is 0 Å². The van der Waals surface area contributed by atoms with Crippen LogP contribution in [0.3, 0.4) is 0 Å². The summed E-state index contributed by atoms with van der Waals surface area (Å²) >= 11 is 0. The Kier molecular flexibility index (Phi) is 3.79. The summed E-state index contributed by atoms with van der Waals surface area (Å²) < 4.78 is 17.9. The molecule has 5 heteroatoms. The molecule has 6 aliphatic rings. The first-order chi connectivity index (χ1) is 13.6. The Morgan fingerprint density at radius 1 is 1.14 bits per heavy atom. The molecule has 5 nitrogen and oxygen atoms in total. The van der Waals surface area contributed by atoms with Gasteiger partial charge < -0.3 is 14.2 Å². The highest BCUT2D eigenvalue weighted by Crippen LogP contribution is 2.61. The van der Waals surface area contributed by atoms with Gasteiger partial charge in [0, 0.05) is 0 Å². The molecular weight excluding hydrogens is 356 g/mol. The monoisotopic (exact) mass is 386 g/mol. The highest BCUT2D eigenvalue weighted by atomic mass is 16.6. The lowest BCUT2D eigenvalue weighted by atomic mass is 9.69. The molecule has 3 saturated carbocycles. The standard InChI is InChI=1S/C23H30O5/c1-2-16(22(25)28-23-7-5-12(11-23)6-8-23)27-21(24)15-10-17-18-13-3-4-14(9-13)19(18)20(15)26-17/h3-4,12-20H,2,5-11H2,1H3. The Labute approximate surface area is 166 Å². The van der Waals surface area contributed by atoms with Crippen LogP contribution in [0, 0.1) is 35.5 Å². The number of hydrogen-bond donors (Lipinski definition) is 0. The van der Waals surface area contributed by atoms with Gasteiger partial charge in [0.15, 0.2) is 6.10 Å². The first-order valence-electron chi connectivity index (χ1n) is 11.3. The molecular formula is C23H30O5. The molecule has 0 spiro atoms. The van der Waals surface area contributed by atoms with Crippen molar-refractivity contribution in [2.45, 2.75) is 82.2 Å². The lowest BCUT2D eigenvalue weighted by molar-refractivity contribution is -0.181. The van der Waals surface area contributed by atoms with Gasteiger partial charge in [-0.25, -0.2) is 4.79 Å². The highest BCUT2D eigenvalue weighted by Gasteiger charge is 2.64. The molecule has 0 aromatic heterocycles. The Morgan fingerprint density at radius 2 is 1.89 bits per heavy atom. The molecule has 4 aliphatic carbocycles. The minimum Gasteiger partial charge on any atom is -0.456 e. The molecule has 0 radical (unpaired) electrons. The van der Waals surface area contributed by atoms with Crippen molar-refractivity contribution in [1.29, 1.82) is 0 Å². The fraction of sp³-hybridized carbons (Fsp3) is 0.826. The van der Waals surface area contributed by atoms with Crippen molar-refractivity contribution in [3.63, 3.8) is 0 Å². The second-order valence-corrected chi connectivity index (χ2v) is 10.2. The zero-order valence-corrected chi connectivity index (χ0v) is 16.5. The van der Waals surface area contributed by atoms with Crippen LogP contribution in [0.25, 0.3) is 0 Å². The van der Waals surface area contributed by atoms with Crippen LogP contribution in [0.5, 0.6) is 0 Å². The number of hydrogen-bond acceptors (Lipinski definition) is 5. The molecule has 6 bridgehead atoms. The van der Waals surface area contributed by atoms with Gasteiger partial charge in [0.2, 0.25) is 0 Å². The number of allylic oxidation sites excluding steroid dienone is 2. The zero-order chi connectivity index (χ0) is 19.0. The third-order valence-corrected chi connectivity index (χ3v) is 8.80. The zero-order valence-electron chi connectivity index (χ0n) is 16.5. The van der Waals surface area contributed by atoms with Crippen LogP contribution in [0.1, 0.15) is 58.3 Å². The van der Waals surface area contributed by atoms with E-state index in [0.717, 1.165) is 38.5 Å². The lowest BCUT2D eigenvalue weighted by Gasteiger charge is -2.33. The molecule has 152 valence electrons. The van der Waals surface area contributed by atoms with Gasteiger partial charge in [-0.05, 0) is 81.0 Å². The number of carbonyl (C=O) groups is 2. The molecule has 28 heavy (non-hydrogen) atoms. The minimum absolute atomic E-state index is 0.0278. The van der Waals surface area contributed by atoms with Gasteiger partial charge >= 0.3 is 11.9 Å². The quantitative estimate of drug-likeness (QED) is 0.535. The molecule has 0 aromatic rings. The third kappa shape index (κ3) is 2.41. The van der Waals surface area contributed by atoms with Crippen molar-refractivity contribution in [2.24, 2.45) is 35.5 Å². The van der Waals surface area contributed by atoms with Gasteiger partial charge in [-0.15, -0.1) is 0 Å².